The summed E-state index contributed by atoms with van der Waals surface area (Å²) >= 11 is 0. The van der Waals surface area contributed by atoms with Crippen molar-refractivity contribution in [1.29, 1.82) is 0 Å². The number of nitrogens with one attached hydrogen (secondary N) is 1. The fourth-order valence-electron chi connectivity index (χ4n) is 3.12. The van der Waals surface area contributed by atoms with Gasteiger partial charge in [0.15, 0.2) is 0 Å². The van der Waals surface area contributed by atoms with Crippen LogP contribution in [0.4, 0.5) is 4.39 Å². The predicted octanol–water partition coefficient (Wildman–Crippen LogP) is 3.93. The molecule has 1 aromatic carbocycles. The standard InChI is InChI=1S/C16H24FN/c1-18-16(13-8-4-2-3-5-9-13)12-14-10-6-7-11-15(14)17/h6-7,10-11,13,16,18H,2-5,8-9,12H2,1H3. The van der Waals surface area contributed by atoms with Crippen LogP contribution >= 0.6 is 0 Å². The molecule has 0 heterocycles. The Bertz CT molecular complexity index is 356. The first-order valence-corrected chi connectivity index (χ1v) is 7.22. The second kappa shape index (κ2) is 6.89. The van der Waals surface area contributed by atoms with Crippen molar-refractivity contribution in [2.24, 2.45) is 5.92 Å². The van der Waals surface area contributed by atoms with Crippen molar-refractivity contribution in [3.8, 4) is 0 Å². The molecular weight excluding hydrogens is 225 g/mol. The van der Waals surface area contributed by atoms with Crippen molar-refractivity contribution in [2.45, 2.75) is 51.0 Å². The lowest BCUT2D eigenvalue weighted by molar-refractivity contribution is 0.330. The van der Waals surface area contributed by atoms with E-state index in [1.54, 1.807) is 12.1 Å². The van der Waals surface area contributed by atoms with E-state index in [9.17, 15) is 4.39 Å². The highest BCUT2D eigenvalue weighted by molar-refractivity contribution is 5.18. The van der Waals surface area contributed by atoms with Gasteiger partial charge in [0.2, 0.25) is 0 Å². The third-order valence-corrected chi connectivity index (χ3v) is 4.24. The molecule has 2 heteroatoms. The van der Waals surface area contributed by atoms with E-state index in [0.717, 1.165) is 12.0 Å². The zero-order chi connectivity index (χ0) is 12.8. The van der Waals surface area contributed by atoms with Gasteiger partial charge < -0.3 is 5.32 Å². The number of rotatable bonds is 4. The lowest BCUT2D eigenvalue weighted by Gasteiger charge is -2.26. The highest BCUT2D eigenvalue weighted by Crippen LogP contribution is 2.27. The predicted molar refractivity (Wildman–Crippen MR) is 74.1 cm³/mol. The number of hydrogen-bond acceptors (Lipinski definition) is 1. The summed E-state index contributed by atoms with van der Waals surface area (Å²) < 4.78 is 13.7. The van der Waals surface area contributed by atoms with Crippen molar-refractivity contribution < 1.29 is 4.39 Å². The maximum atomic E-state index is 13.7. The first-order valence-electron chi connectivity index (χ1n) is 7.22. The molecule has 0 spiro atoms. The Morgan fingerprint density at radius 1 is 1.17 bits per heavy atom. The van der Waals surface area contributed by atoms with E-state index in [4.69, 9.17) is 0 Å². The fraction of sp³-hybridized carbons (Fsp3) is 0.625. The molecule has 1 aromatic rings. The number of benzene rings is 1. The van der Waals surface area contributed by atoms with Gasteiger partial charge in [0, 0.05) is 6.04 Å². The summed E-state index contributed by atoms with van der Waals surface area (Å²) in [7, 11) is 2.01. The quantitative estimate of drug-likeness (QED) is 0.797. The first-order chi connectivity index (χ1) is 8.81. The molecule has 18 heavy (non-hydrogen) atoms. The topological polar surface area (TPSA) is 12.0 Å². The van der Waals surface area contributed by atoms with Crippen LogP contribution in [0.25, 0.3) is 0 Å². The molecule has 0 bridgehead atoms. The van der Waals surface area contributed by atoms with Crippen LogP contribution in [-0.2, 0) is 6.42 Å². The second-order valence-electron chi connectivity index (χ2n) is 5.44. The van der Waals surface area contributed by atoms with Crippen molar-refractivity contribution in [2.75, 3.05) is 7.05 Å². The summed E-state index contributed by atoms with van der Waals surface area (Å²) in [6, 6.07) is 7.59. The van der Waals surface area contributed by atoms with Crippen LogP contribution in [0.2, 0.25) is 0 Å². The average Bonchev–Trinajstić information content (AvgIpc) is 2.67. The van der Waals surface area contributed by atoms with E-state index in [1.807, 2.05) is 19.2 Å². The molecule has 0 radical (unpaired) electrons. The van der Waals surface area contributed by atoms with Gasteiger partial charge in [-0.3, -0.25) is 0 Å². The zero-order valence-corrected chi connectivity index (χ0v) is 11.3. The molecule has 0 aliphatic heterocycles. The Morgan fingerprint density at radius 2 is 1.83 bits per heavy atom. The maximum Gasteiger partial charge on any atom is 0.126 e. The number of hydrogen-bond donors (Lipinski definition) is 1. The third kappa shape index (κ3) is 3.55. The van der Waals surface area contributed by atoms with Crippen LogP contribution < -0.4 is 5.32 Å². The third-order valence-electron chi connectivity index (χ3n) is 4.24. The largest absolute Gasteiger partial charge is 0.316 e. The molecule has 1 atom stereocenters. The molecule has 1 N–H and O–H groups in total. The summed E-state index contributed by atoms with van der Waals surface area (Å²) in [6.07, 6.45) is 8.80. The summed E-state index contributed by atoms with van der Waals surface area (Å²) in [5.74, 6) is 0.642. The minimum Gasteiger partial charge on any atom is -0.316 e. The van der Waals surface area contributed by atoms with Crippen molar-refractivity contribution >= 4 is 0 Å². The molecule has 2 rings (SSSR count). The summed E-state index contributed by atoms with van der Waals surface area (Å²) in [5.41, 5.74) is 0.848. The Kier molecular flexibility index (Phi) is 5.18. The molecule has 1 unspecified atom stereocenters. The minimum absolute atomic E-state index is 0.0635. The van der Waals surface area contributed by atoms with E-state index >= 15 is 0 Å². The Hall–Kier alpha value is -0.890. The summed E-state index contributed by atoms with van der Waals surface area (Å²) in [6.45, 7) is 0. The van der Waals surface area contributed by atoms with E-state index in [1.165, 1.54) is 38.5 Å². The van der Waals surface area contributed by atoms with Gasteiger partial charge >= 0.3 is 0 Å². The lowest BCUT2D eigenvalue weighted by atomic mass is 9.88. The van der Waals surface area contributed by atoms with Gasteiger partial charge in [-0.05, 0) is 43.9 Å². The SMILES string of the molecule is CNC(Cc1ccccc1F)C1CCCCCC1. The van der Waals surface area contributed by atoms with Crippen LogP contribution in [0.1, 0.15) is 44.1 Å². The molecule has 0 saturated heterocycles. The zero-order valence-electron chi connectivity index (χ0n) is 11.3. The normalized spacial score (nSPS) is 19.4. The molecule has 1 nitrogen and oxygen atoms in total. The Balaban J connectivity index is 2.02. The van der Waals surface area contributed by atoms with E-state index in [2.05, 4.69) is 5.32 Å². The summed E-state index contributed by atoms with van der Waals surface area (Å²) in [4.78, 5) is 0. The van der Waals surface area contributed by atoms with E-state index < -0.39 is 0 Å². The lowest BCUT2D eigenvalue weighted by Crippen LogP contribution is -2.35. The Labute approximate surface area is 110 Å². The molecule has 0 aromatic heterocycles. The summed E-state index contributed by atoms with van der Waals surface area (Å²) in [5, 5.41) is 3.41. The van der Waals surface area contributed by atoms with Crippen LogP contribution in [0.5, 0.6) is 0 Å². The van der Waals surface area contributed by atoms with Crippen molar-refractivity contribution in [1.82, 2.24) is 5.32 Å². The van der Waals surface area contributed by atoms with Crippen molar-refractivity contribution in [3.05, 3.63) is 35.6 Å². The van der Waals surface area contributed by atoms with Gasteiger partial charge in [-0.15, -0.1) is 0 Å². The van der Waals surface area contributed by atoms with Crippen molar-refractivity contribution in [3.63, 3.8) is 0 Å². The van der Waals surface area contributed by atoms with Gasteiger partial charge in [0.25, 0.3) is 0 Å². The first kappa shape index (κ1) is 13.5. The van der Waals surface area contributed by atoms with Crippen LogP contribution in [-0.4, -0.2) is 13.1 Å². The smallest absolute Gasteiger partial charge is 0.126 e. The van der Waals surface area contributed by atoms with Crippen LogP contribution in [0.15, 0.2) is 24.3 Å². The van der Waals surface area contributed by atoms with E-state index in [0.29, 0.717) is 12.0 Å². The molecule has 1 fully saturated rings. The molecule has 1 aliphatic rings. The van der Waals surface area contributed by atoms with Crippen LogP contribution in [0.3, 0.4) is 0 Å². The highest BCUT2D eigenvalue weighted by Gasteiger charge is 2.22. The number of likely N-dealkylation sites (N-methyl/N-ethyl adjacent to an activating group) is 1. The fourth-order valence-corrected chi connectivity index (χ4v) is 3.12. The second-order valence-corrected chi connectivity index (χ2v) is 5.44. The monoisotopic (exact) mass is 249 g/mol. The number of halogens is 1. The van der Waals surface area contributed by atoms with Gasteiger partial charge in [0.1, 0.15) is 5.82 Å². The molecule has 1 aliphatic carbocycles. The van der Waals surface area contributed by atoms with E-state index in [-0.39, 0.29) is 5.82 Å². The molecule has 1 saturated carbocycles. The molecule has 0 amide bonds. The van der Waals surface area contributed by atoms with Gasteiger partial charge in [0.05, 0.1) is 0 Å². The van der Waals surface area contributed by atoms with Gasteiger partial charge in [-0.25, -0.2) is 4.39 Å². The molecular formula is C16H24FN. The average molecular weight is 249 g/mol. The highest BCUT2D eigenvalue weighted by atomic mass is 19.1. The van der Waals surface area contributed by atoms with Gasteiger partial charge in [-0.2, -0.15) is 0 Å². The maximum absolute atomic E-state index is 13.7. The van der Waals surface area contributed by atoms with Gasteiger partial charge in [-0.1, -0.05) is 43.9 Å². The van der Waals surface area contributed by atoms with Crippen LogP contribution in [0, 0.1) is 11.7 Å². The minimum atomic E-state index is -0.0635. The Morgan fingerprint density at radius 3 is 2.44 bits per heavy atom. The molecule has 100 valence electrons.